The maximum atomic E-state index is 12.9. The van der Waals surface area contributed by atoms with Gasteiger partial charge in [-0.2, -0.15) is 13.2 Å². The lowest BCUT2D eigenvalue weighted by molar-refractivity contribution is -0.143. The molecule has 24 heavy (non-hydrogen) atoms. The van der Waals surface area contributed by atoms with Crippen molar-refractivity contribution in [3.05, 3.63) is 24.0 Å². The molecule has 2 unspecified atom stereocenters. The Hall–Kier alpha value is -1.83. The molecule has 1 aromatic rings. The Balaban J connectivity index is 1.58. The monoisotopic (exact) mass is 343 g/mol. The average molecular weight is 343 g/mol. The maximum Gasteiger partial charge on any atom is 0.437 e. The van der Waals surface area contributed by atoms with Gasteiger partial charge in [0.05, 0.1) is 5.54 Å². The molecule has 8 heteroatoms. The number of pyridine rings is 1. The first-order valence-corrected chi connectivity index (χ1v) is 7.87. The molecule has 0 spiro atoms. The zero-order valence-electron chi connectivity index (χ0n) is 13.5. The molecule has 1 saturated carbocycles. The van der Waals surface area contributed by atoms with Gasteiger partial charge in [-0.05, 0) is 50.9 Å². The summed E-state index contributed by atoms with van der Waals surface area (Å²) < 4.78 is 44.0. The Morgan fingerprint density at radius 1 is 1.38 bits per heavy atom. The number of amides is 1. The molecule has 0 aromatic carbocycles. The molecular weight excluding hydrogens is 323 g/mol. The van der Waals surface area contributed by atoms with E-state index in [-0.39, 0.29) is 24.2 Å². The summed E-state index contributed by atoms with van der Waals surface area (Å²) in [6.45, 7) is 5.08. The predicted octanol–water partition coefficient (Wildman–Crippen LogP) is 1.84. The fraction of sp³-hybridized carbons (Fsp3) is 0.625. The summed E-state index contributed by atoms with van der Waals surface area (Å²) in [6, 6.07) is 2.61. The molecule has 1 saturated heterocycles. The highest BCUT2D eigenvalue weighted by molar-refractivity contribution is 5.83. The molecule has 2 N–H and O–H groups in total. The quantitative estimate of drug-likeness (QED) is 0.856. The SMILES string of the molecule is CC(C)(COc1cccnc1C(F)(F)F)NC(=O)C1C2CNCC21. The highest BCUT2D eigenvalue weighted by Gasteiger charge is 2.57. The number of piperidine rings is 1. The van der Waals surface area contributed by atoms with Gasteiger partial charge in [0, 0.05) is 12.1 Å². The summed E-state index contributed by atoms with van der Waals surface area (Å²) >= 11 is 0. The number of aromatic nitrogens is 1. The van der Waals surface area contributed by atoms with Gasteiger partial charge >= 0.3 is 6.18 Å². The molecule has 1 amide bonds. The van der Waals surface area contributed by atoms with E-state index in [9.17, 15) is 18.0 Å². The number of carbonyl (C=O) groups is 1. The standard InChI is InChI=1S/C16H20F3N3O2/c1-15(2,22-14(23)12-9-6-20-7-10(9)12)8-24-11-4-3-5-21-13(11)16(17,18)19/h3-5,9-10,12,20H,6-8H2,1-2H3,(H,22,23). The van der Waals surface area contributed by atoms with Crippen LogP contribution in [0, 0.1) is 17.8 Å². The van der Waals surface area contributed by atoms with Gasteiger partial charge in [0.25, 0.3) is 0 Å². The van der Waals surface area contributed by atoms with E-state index in [2.05, 4.69) is 15.6 Å². The molecule has 2 fully saturated rings. The Labute approximate surface area is 138 Å². The molecule has 0 bridgehead atoms. The lowest BCUT2D eigenvalue weighted by atomic mass is 10.1. The lowest BCUT2D eigenvalue weighted by Crippen LogP contribution is -2.49. The minimum Gasteiger partial charge on any atom is -0.489 e. The first-order chi connectivity index (χ1) is 11.2. The van der Waals surface area contributed by atoms with E-state index in [0.717, 1.165) is 19.3 Å². The zero-order chi connectivity index (χ0) is 17.5. The van der Waals surface area contributed by atoms with Crippen LogP contribution in [-0.2, 0) is 11.0 Å². The third-order valence-corrected chi connectivity index (χ3v) is 4.48. The van der Waals surface area contributed by atoms with Gasteiger partial charge in [0.15, 0.2) is 5.69 Å². The summed E-state index contributed by atoms with van der Waals surface area (Å²) in [5.41, 5.74) is -1.84. The molecule has 1 aliphatic heterocycles. The van der Waals surface area contributed by atoms with Crippen molar-refractivity contribution in [2.24, 2.45) is 17.8 Å². The average Bonchev–Trinajstić information content (AvgIpc) is 2.98. The number of alkyl halides is 3. The maximum absolute atomic E-state index is 12.9. The Morgan fingerprint density at radius 3 is 2.67 bits per heavy atom. The first kappa shape index (κ1) is 17.0. The zero-order valence-corrected chi connectivity index (χ0v) is 13.5. The van der Waals surface area contributed by atoms with Gasteiger partial charge in [-0.15, -0.1) is 0 Å². The van der Waals surface area contributed by atoms with Crippen molar-refractivity contribution >= 4 is 5.91 Å². The van der Waals surface area contributed by atoms with Crippen LogP contribution in [-0.4, -0.2) is 36.1 Å². The van der Waals surface area contributed by atoms with Gasteiger partial charge in [0.1, 0.15) is 12.4 Å². The van der Waals surface area contributed by atoms with E-state index in [1.165, 1.54) is 12.1 Å². The van der Waals surface area contributed by atoms with Crippen molar-refractivity contribution in [2.45, 2.75) is 25.6 Å². The number of carbonyl (C=O) groups excluding carboxylic acids is 1. The molecule has 2 heterocycles. The van der Waals surface area contributed by atoms with Crippen LogP contribution in [0.2, 0.25) is 0 Å². The second-order valence-electron chi connectivity index (χ2n) is 7.02. The van der Waals surface area contributed by atoms with E-state index in [0.29, 0.717) is 11.8 Å². The Bertz CT molecular complexity index is 623. The van der Waals surface area contributed by atoms with Crippen LogP contribution in [0.5, 0.6) is 5.75 Å². The van der Waals surface area contributed by atoms with E-state index < -0.39 is 17.4 Å². The van der Waals surface area contributed by atoms with Crippen LogP contribution in [0.4, 0.5) is 13.2 Å². The van der Waals surface area contributed by atoms with Crippen molar-refractivity contribution in [3.63, 3.8) is 0 Å². The van der Waals surface area contributed by atoms with Gasteiger partial charge in [0.2, 0.25) is 5.91 Å². The first-order valence-electron chi connectivity index (χ1n) is 7.87. The smallest absolute Gasteiger partial charge is 0.437 e. The summed E-state index contributed by atoms with van der Waals surface area (Å²) in [5, 5.41) is 6.10. The Morgan fingerprint density at radius 2 is 2.04 bits per heavy atom. The molecular formula is C16H20F3N3O2. The number of nitrogens with zero attached hydrogens (tertiary/aromatic N) is 1. The van der Waals surface area contributed by atoms with Crippen LogP contribution in [0.15, 0.2) is 18.3 Å². The van der Waals surface area contributed by atoms with Gasteiger partial charge in [-0.1, -0.05) is 0 Å². The molecule has 1 aromatic heterocycles. The Kier molecular flexibility index (Phi) is 4.19. The second-order valence-corrected chi connectivity index (χ2v) is 7.02. The summed E-state index contributed by atoms with van der Waals surface area (Å²) in [5.74, 6) is 0.394. The summed E-state index contributed by atoms with van der Waals surface area (Å²) in [6.07, 6.45) is -3.51. The van der Waals surface area contributed by atoms with Crippen molar-refractivity contribution in [1.82, 2.24) is 15.6 Å². The number of halogens is 3. The van der Waals surface area contributed by atoms with Crippen LogP contribution >= 0.6 is 0 Å². The van der Waals surface area contributed by atoms with E-state index in [1.54, 1.807) is 13.8 Å². The predicted molar refractivity (Wildman–Crippen MR) is 80.3 cm³/mol. The third kappa shape index (κ3) is 3.48. The molecule has 3 rings (SSSR count). The van der Waals surface area contributed by atoms with Gasteiger partial charge < -0.3 is 15.4 Å². The van der Waals surface area contributed by atoms with Crippen LogP contribution in [0.3, 0.4) is 0 Å². The second kappa shape index (κ2) is 5.91. The van der Waals surface area contributed by atoms with Crippen LogP contribution < -0.4 is 15.4 Å². The number of hydrogen-bond acceptors (Lipinski definition) is 4. The summed E-state index contributed by atoms with van der Waals surface area (Å²) in [7, 11) is 0. The minimum atomic E-state index is -4.58. The third-order valence-electron chi connectivity index (χ3n) is 4.48. The van der Waals surface area contributed by atoms with E-state index in [1.807, 2.05) is 0 Å². The molecule has 2 atom stereocenters. The van der Waals surface area contributed by atoms with Crippen LogP contribution in [0.25, 0.3) is 0 Å². The topological polar surface area (TPSA) is 63.2 Å². The number of nitrogens with one attached hydrogen (secondary N) is 2. The minimum absolute atomic E-state index is 0.00894. The van der Waals surface area contributed by atoms with Gasteiger partial charge in [-0.3, -0.25) is 4.79 Å². The van der Waals surface area contributed by atoms with Gasteiger partial charge in [-0.25, -0.2) is 4.98 Å². The fourth-order valence-electron chi connectivity index (χ4n) is 3.24. The molecule has 2 aliphatic rings. The normalized spacial score (nSPS) is 26.0. The van der Waals surface area contributed by atoms with Crippen molar-refractivity contribution < 1.29 is 22.7 Å². The van der Waals surface area contributed by atoms with E-state index >= 15 is 0 Å². The largest absolute Gasteiger partial charge is 0.489 e. The van der Waals surface area contributed by atoms with Crippen molar-refractivity contribution in [2.75, 3.05) is 19.7 Å². The van der Waals surface area contributed by atoms with Crippen molar-refractivity contribution in [1.29, 1.82) is 0 Å². The number of ether oxygens (including phenoxy) is 1. The molecule has 132 valence electrons. The fourth-order valence-corrected chi connectivity index (χ4v) is 3.24. The van der Waals surface area contributed by atoms with Crippen molar-refractivity contribution in [3.8, 4) is 5.75 Å². The molecule has 5 nitrogen and oxygen atoms in total. The lowest BCUT2D eigenvalue weighted by Gasteiger charge is -2.27. The molecule has 1 aliphatic carbocycles. The highest BCUT2D eigenvalue weighted by Crippen LogP contribution is 2.48. The highest BCUT2D eigenvalue weighted by atomic mass is 19.4. The van der Waals surface area contributed by atoms with E-state index in [4.69, 9.17) is 4.74 Å². The number of hydrogen-bond donors (Lipinski definition) is 2. The number of fused-ring (bicyclic) bond motifs is 1. The number of rotatable bonds is 5. The van der Waals surface area contributed by atoms with Crippen LogP contribution in [0.1, 0.15) is 19.5 Å². The summed E-state index contributed by atoms with van der Waals surface area (Å²) in [4.78, 5) is 15.6. The molecule has 0 radical (unpaired) electrons.